The summed E-state index contributed by atoms with van der Waals surface area (Å²) in [7, 11) is -3.48. The van der Waals surface area contributed by atoms with Crippen LogP contribution in [0.1, 0.15) is 21.6 Å². The van der Waals surface area contributed by atoms with E-state index in [1.165, 1.54) is 19.2 Å². The summed E-state index contributed by atoms with van der Waals surface area (Å²) >= 11 is 12.2. The van der Waals surface area contributed by atoms with Crippen LogP contribution in [0.3, 0.4) is 0 Å². The highest BCUT2D eigenvalue weighted by Gasteiger charge is 2.18. The van der Waals surface area contributed by atoms with E-state index in [1.54, 1.807) is 36.4 Å². The molecule has 0 fully saturated rings. The number of amides is 1. The third kappa shape index (κ3) is 6.71. The highest BCUT2D eigenvalue weighted by atomic mass is 35.5. The predicted molar refractivity (Wildman–Crippen MR) is 150 cm³/mol. The van der Waals surface area contributed by atoms with Crippen LogP contribution in [0.2, 0.25) is 10.0 Å². The summed E-state index contributed by atoms with van der Waals surface area (Å²) in [6, 6.07) is 14.7. The molecular weight excluding hydrogens is 584 g/mol. The van der Waals surface area contributed by atoms with E-state index in [1.807, 2.05) is 0 Å². The molecule has 0 saturated heterocycles. The second kappa shape index (κ2) is 11.9. The van der Waals surface area contributed by atoms with Crippen molar-refractivity contribution in [1.29, 1.82) is 0 Å². The molecule has 1 aromatic heterocycles. The molecule has 0 saturated carbocycles. The molecule has 0 radical (unpaired) electrons. The molecule has 4 aromatic rings. The number of hydrogen-bond acceptors (Lipinski definition) is 9. The number of carbonyl (C=O) groups is 1. The lowest BCUT2D eigenvalue weighted by molar-refractivity contribution is 0.0950. The molecule has 0 aliphatic heterocycles. The maximum absolute atomic E-state index is 13.3. The van der Waals surface area contributed by atoms with Gasteiger partial charge >= 0.3 is 10.2 Å². The zero-order valence-corrected chi connectivity index (χ0v) is 23.1. The Kier molecular flexibility index (Phi) is 8.62. The van der Waals surface area contributed by atoms with Gasteiger partial charge in [0.15, 0.2) is 11.5 Å². The van der Waals surface area contributed by atoms with Gasteiger partial charge in [-0.1, -0.05) is 41.4 Å². The quantitative estimate of drug-likeness (QED) is 0.228. The van der Waals surface area contributed by atoms with Gasteiger partial charge < -0.3 is 26.3 Å². The number of rotatable bonds is 9. The van der Waals surface area contributed by atoms with Crippen LogP contribution in [-0.4, -0.2) is 31.4 Å². The third-order valence-corrected chi connectivity index (χ3v) is 7.22. The minimum absolute atomic E-state index is 0.00757. The topological polar surface area (TPSA) is 160 Å². The van der Waals surface area contributed by atoms with E-state index in [2.05, 4.69) is 15.3 Å². The lowest BCUT2D eigenvalue weighted by Crippen LogP contribution is -2.23. The molecule has 0 aliphatic rings. The lowest BCUT2D eigenvalue weighted by atomic mass is 10.0. The Morgan fingerprint density at radius 2 is 1.77 bits per heavy atom. The number of halogens is 3. The number of nitrogens with one attached hydrogen (secondary N) is 1. The maximum atomic E-state index is 13.3. The molecule has 1 amide bonds. The zero-order chi connectivity index (χ0) is 29.0. The Hall–Kier alpha value is -4.13. The fourth-order valence-electron chi connectivity index (χ4n) is 3.78. The number of carbonyl (C=O) groups excluding carboxylic acids is 1. The van der Waals surface area contributed by atoms with E-state index in [0.717, 1.165) is 12.1 Å². The van der Waals surface area contributed by atoms with E-state index >= 15 is 0 Å². The van der Waals surface area contributed by atoms with Crippen LogP contribution >= 0.6 is 23.2 Å². The zero-order valence-electron chi connectivity index (χ0n) is 20.8. The number of methoxy groups -OCH3 is 1. The van der Waals surface area contributed by atoms with E-state index in [0.29, 0.717) is 43.9 Å². The molecule has 1 heterocycles. The van der Waals surface area contributed by atoms with Gasteiger partial charge in [-0.15, -0.1) is 3.89 Å². The van der Waals surface area contributed by atoms with E-state index in [4.69, 9.17) is 44.1 Å². The molecule has 0 spiro atoms. The number of nitrogen functional groups attached to an aromatic ring is 2. The predicted octanol–water partition coefficient (Wildman–Crippen LogP) is 4.79. The Balaban J connectivity index is 1.50. The molecule has 10 nitrogen and oxygen atoms in total. The smallest absolute Gasteiger partial charge is 0.332 e. The van der Waals surface area contributed by atoms with Crippen molar-refractivity contribution < 1.29 is 26.6 Å². The van der Waals surface area contributed by atoms with Crippen LogP contribution in [0.25, 0.3) is 11.1 Å². The highest BCUT2D eigenvalue weighted by Crippen LogP contribution is 2.35. The standard InChI is InChI=1S/C26H22Cl2FN5O5S/c1-38-22-9-14(12-32-25(35)16-3-2-4-17(10-16)40(29,36)37)5-8-21(22)39-13-20-23(24(30)34-26(31)33-20)15-6-7-18(27)19(28)11-15/h2-11H,12-13H2,1H3,(H,32,35)(H4,30,31,33,34). The van der Waals surface area contributed by atoms with Crippen molar-refractivity contribution in [2.45, 2.75) is 18.0 Å². The van der Waals surface area contributed by atoms with Crippen molar-refractivity contribution in [3.63, 3.8) is 0 Å². The third-order valence-electron chi connectivity index (χ3n) is 5.66. The lowest BCUT2D eigenvalue weighted by Gasteiger charge is -2.16. The van der Waals surface area contributed by atoms with Gasteiger partial charge in [-0.2, -0.15) is 13.4 Å². The Morgan fingerprint density at radius 3 is 2.48 bits per heavy atom. The summed E-state index contributed by atoms with van der Waals surface area (Å²) in [5, 5.41) is 3.35. The van der Waals surface area contributed by atoms with Crippen molar-refractivity contribution in [2.75, 3.05) is 18.6 Å². The molecule has 0 bridgehead atoms. The van der Waals surface area contributed by atoms with Gasteiger partial charge in [0.1, 0.15) is 12.4 Å². The highest BCUT2D eigenvalue weighted by molar-refractivity contribution is 7.86. The fraction of sp³-hybridized carbons (Fsp3) is 0.115. The summed E-state index contributed by atoms with van der Waals surface area (Å²) in [5.41, 5.74) is 14.1. The Morgan fingerprint density at radius 1 is 1.00 bits per heavy atom. The second-order valence-electron chi connectivity index (χ2n) is 8.34. The van der Waals surface area contributed by atoms with Gasteiger partial charge in [-0.25, -0.2) is 4.98 Å². The number of nitrogens with zero attached hydrogens (tertiary/aromatic N) is 2. The average Bonchev–Trinajstić information content (AvgIpc) is 2.91. The minimum atomic E-state index is -4.94. The van der Waals surface area contributed by atoms with Gasteiger partial charge in [0, 0.05) is 17.7 Å². The summed E-state index contributed by atoms with van der Waals surface area (Å²) in [6.45, 7) is 0.0231. The number of ether oxygens (including phenoxy) is 2. The molecule has 208 valence electrons. The first-order valence-corrected chi connectivity index (χ1v) is 13.6. The van der Waals surface area contributed by atoms with Crippen LogP contribution in [0.5, 0.6) is 11.5 Å². The molecule has 4 rings (SSSR count). The molecule has 0 aliphatic carbocycles. The van der Waals surface area contributed by atoms with Crippen LogP contribution in [-0.2, 0) is 23.4 Å². The van der Waals surface area contributed by atoms with Crippen LogP contribution < -0.4 is 26.3 Å². The second-order valence-corrected chi connectivity index (χ2v) is 10.5. The van der Waals surface area contributed by atoms with Crippen molar-refractivity contribution >= 4 is 51.1 Å². The summed E-state index contributed by atoms with van der Waals surface area (Å²) < 4.78 is 47.0. The number of hydrogen-bond donors (Lipinski definition) is 3. The van der Waals surface area contributed by atoms with Gasteiger partial charge in [0.25, 0.3) is 5.91 Å². The summed E-state index contributed by atoms with van der Waals surface area (Å²) in [4.78, 5) is 20.2. The number of aromatic nitrogens is 2. The van der Waals surface area contributed by atoms with Crippen molar-refractivity contribution in [1.82, 2.24) is 15.3 Å². The van der Waals surface area contributed by atoms with Crippen molar-refractivity contribution in [3.8, 4) is 22.6 Å². The van der Waals surface area contributed by atoms with Gasteiger partial charge in [-0.05, 0) is 53.6 Å². The van der Waals surface area contributed by atoms with Gasteiger partial charge in [0.05, 0.1) is 27.7 Å². The molecule has 0 unspecified atom stereocenters. The minimum Gasteiger partial charge on any atom is -0.493 e. The van der Waals surface area contributed by atoms with Crippen LogP contribution in [0.15, 0.2) is 65.6 Å². The first kappa shape index (κ1) is 28.9. The fourth-order valence-corrected chi connectivity index (χ4v) is 4.58. The molecular formula is C26H22Cl2FN5O5S. The van der Waals surface area contributed by atoms with Crippen molar-refractivity contribution in [2.24, 2.45) is 0 Å². The molecule has 14 heteroatoms. The molecule has 3 aromatic carbocycles. The van der Waals surface area contributed by atoms with E-state index in [-0.39, 0.29) is 30.5 Å². The van der Waals surface area contributed by atoms with E-state index < -0.39 is 21.0 Å². The number of anilines is 2. The number of nitrogens with two attached hydrogens (primary N) is 2. The monoisotopic (exact) mass is 605 g/mol. The van der Waals surface area contributed by atoms with E-state index in [9.17, 15) is 17.1 Å². The van der Waals surface area contributed by atoms with Crippen molar-refractivity contribution in [3.05, 3.63) is 87.5 Å². The molecule has 5 N–H and O–H groups in total. The average molecular weight is 606 g/mol. The van der Waals surface area contributed by atoms with Gasteiger partial charge in [0.2, 0.25) is 5.95 Å². The summed E-state index contributed by atoms with van der Waals surface area (Å²) in [6.07, 6.45) is 0. The van der Waals surface area contributed by atoms with Gasteiger partial charge in [-0.3, -0.25) is 4.79 Å². The first-order chi connectivity index (χ1) is 19.0. The van der Waals surface area contributed by atoms with Crippen LogP contribution in [0.4, 0.5) is 15.7 Å². The van der Waals surface area contributed by atoms with Crippen LogP contribution in [0, 0.1) is 0 Å². The normalized spacial score (nSPS) is 11.2. The summed E-state index contributed by atoms with van der Waals surface area (Å²) in [5.74, 6) is 0.251. The Labute approximate surface area is 239 Å². The first-order valence-electron chi connectivity index (χ1n) is 11.5. The molecule has 40 heavy (non-hydrogen) atoms. The molecule has 0 atom stereocenters. The SMILES string of the molecule is COc1cc(CNC(=O)c2cccc(S(=O)(=O)F)c2)ccc1OCc1nc(N)nc(N)c1-c1ccc(Cl)c(Cl)c1. The Bertz CT molecular complexity index is 1710. The maximum Gasteiger partial charge on any atom is 0.332 e. The largest absolute Gasteiger partial charge is 0.493 e. The number of benzene rings is 3.